The number of nitrogens with one attached hydrogen (secondary N) is 1. The van der Waals surface area contributed by atoms with E-state index in [1.54, 1.807) is 6.92 Å². The molecule has 2 heterocycles. The quantitative estimate of drug-likeness (QED) is 0.632. The predicted octanol–water partition coefficient (Wildman–Crippen LogP) is -0.576. The van der Waals surface area contributed by atoms with Crippen LogP contribution in [0, 0.1) is 6.92 Å². The molecule has 2 aromatic heterocycles. The molecule has 14 heavy (non-hydrogen) atoms. The second kappa shape index (κ2) is 2.66. The maximum atomic E-state index is 11.2. The smallest absolute Gasteiger partial charge is 0.349 e. The molecule has 2 aromatic rings. The van der Waals surface area contributed by atoms with Crippen molar-refractivity contribution in [2.45, 2.75) is 6.92 Å². The second-order valence-electron chi connectivity index (χ2n) is 2.73. The Hall–Kier alpha value is -2.18. The van der Waals surface area contributed by atoms with Crippen LogP contribution >= 0.6 is 0 Å². The van der Waals surface area contributed by atoms with E-state index in [1.165, 1.54) is 0 Å². The highest BCUT2D eigenvalue weighted by atomic mass is 16.4. The monoisotopic (exact) mass is 194 g/mol. The number of hydrogen-bond donors (Lipinski definition) is 2. The standard InChI is InChI=1S/C7H6N4O3/c1-3-9-5-4(6(12)13)2-8-11(5)7(14)10-3/h2H,1H3,(H,12,13)(H,9,10,14). The number of aromatic amines is 1. The Bertz CT molecular complexity index is 568. The molecule has 0 unspecified atom stereocenters. The number of aryl methyl sites for hydroxylation is 1. The normalized spacial score (nSPS) is 10.6. The lowest BCUT2D eigenvalue weighted by molar-refractivity contribution is 0.0699. The third kappa shape index (κ3) is 1.06. The van der Waals surface area contributed by atoms with Gasteiger partial charge in [0.15, 0.2) is 5.65 Å². The van der Waals surface area contributed by atoms with Crippen molar-refractivity contribution in [1.82, 2.24) is 19.6 Å². The van der Waals surface area contributed by atoms with Crippen LogP contribution in [0.5, 0.6) is 0 Å². The Morgan fingerprint density at radius 1 is 1.64 bits per heavy atom. The molecule has 2 rings (SSSR count). The van der Waals surface area contributed by atoms with Gasteiger partial charge < -0.3 is 5.11 Å². The van der Waals surface area contributed by atoms with E-state index < -0.39 is 11.7 Å². The topological polar surface area (TPSA) is 100 Å². The molecule has 0 amide bonds. The zero-order chi connectivity index (χ0) is 10.3. The van der Waals surface area contributed by atoms with Crippen molar-refractivity contribution < 1.29 is 9.90 Å². The average molecular weight is 194 g/mol. The first kappa shape index (κ1) is 8.42. The van der Waals surface area contributed by atoms with Crippen molar-refractivity contribution in [1.29, 1.82) is 0 Å². The first-order valence-corrected chi connectivity index (χ1v) is 3.77. The Labute approximate surface area is 77.0 Å². The molecule has 0 aromatic carbocycles. The van der Waals surface area contributed by atoms with Gasteiger partial charge in [0.25, 0.3) is 0 Å². The van der Waals surface area contributed by atoms with Gasteiger partial charge in [-0.3, -0.25) is 4.98 Å². The molecule has 2 N–H and O–H groups in total. The third-order valence-electron chi connectivity index (χ3n) is 1.73. The van der Waals surface area contributed by atoms with Gasteiger partial charge in [-0.1, -0.05) is 0 Å². The Morgan fingerprint density at radius 3 is 3.00 bits per heavy atom. The maximum Gasteiger partial charge on any atom is 0.349 e. The average Bonchev–Trinajstić information content (AvgIpc) is 2.47. The van der Waals surface area contributed by atoms with E-state index >= 15 is 0 Å². The van der Waals surface area contributed by atoms with E-state index in [1.807, 2.05) is 0 Å². The van der Waals surface area contributed by atoms with E-state index in [-0.39, 0.29) is 11.2 Å². The molecule has 0 aliphatic carbocycles. The van der Waals surface area contributed by atoms with Crippen LogP contribution in [0.2, 0.25) is 0 Å². The number of carboxylic acid groups (broad SMARTS) is 1. The lowest BCUT2D eigenvalue weighted by Crippen LogP contribution is -2.20. The Morgan fingerprint density at radius 2 is 2.36 bits per heavy atom. The molecule has 0 saturated heterocycles. The number of fused-ring (bicyclic) bond motifs is 1. The number of rotatable bonds is 1. The van der Waals surface area contributed by atoms with Gasteiger partial charge in [0, 0.05) is 0 Å². The predicted molar refractivity (Wildman–Crippen MR) is 45.3 cm³/mol. The summed E-state index contributed by atoms with van der Waals surface area (Å²) >= 11 is 0. The molecule has 0 fully saturated rings. The van der Waals surface area contributed by atoms with Crippen LogP contribution in [0.15, 0.2) is 11.0 Å². The highest BCUT2D eigenvalue weighted by Crippen LogP contribution is 2.04. The molecular formula is C7H6N4O3. The second-order valence-corrected chi connectivity index (χ2v) is 2.73. The van der Waals surface area contributed by atoms with Crippen LogP contribution in [0.4, 0.5) is 0 Å². The van der Waals surface area contributed by atoms with Gasteiger partial charge in [-0.05, 0) is 6.92 Å². The molecule has 72 valence electrons. The zero-order valence-electron chi connectivity index (χ0n) is 7.18. The summed E-state index contributed by atoms with van der Waals surface area (Å²) in [5.41, 5.74) is -0.530. The fourth-order valence-electron chi connectivity index (χ4n) is 1.14. The van der Waals surface area contributed by atoms with Crippen molar-refractivity contribution in [2.75, 3.05) is 0 Å². The summed E-state index contributed by atoms with van der Waals surface area (Å²) in [6, 6.07) is 0. The minimum Gasteiger partial charge on any atom is -0.477 e. The first-order chi connectivity index (χ1) is 6.59. The molecule has 7 nitrogen and oxygen atoms in total. The fraction of sp³-hybridized carbons (Fsp3) is 0.143. The number of hydrogen-bond acceptors (Lipinski definition) is 4. The summed E-state index contributed by atoms with van der Waals surface area (Å²) in [5, 5.41) is 12.4. The van der Waals surface area contributed by atoms with Gasteiger partial charge in [-0.15, -0.1) is 0 Å². The lowest BCUT2D eigenvalue weighted by Gasteiger charge is -1.94. The largest absolute Gasteiger partial charge is 0.477 e. The maximum absolute atomic E-state index is 11.2. The molecule has 0 spiro atoms. The first-order valence-electron chi connectivity index (χ1n) is 3.77. The minimum atomic E-state index is -1.16. The lowest BCUT2D eigenvalue weighted by atomic mass is 10.3. The van der Waals surface area contributed by atoms with Crippen LogP contribution in [0.1, 0.15) is 16.2 Å². The van der Waals surface area contributed by atoms with Crippen LogP contribution < -0.4 is 5.69 Å². The summed E-state index contributed by atoms with van der Waals surface area (Å²) in [5.74, 6) is -0.803. The minimum absolute atomic E-state index is 0.0544. The third-order valence-corrected chi connectivity index (χ3v) is 1.73. The summed E-state index contributed by atoms with van der Waals surface area (Å²) in [4.78, 5) is 28.2. The Balaban J connectivity index is 2.92. The SMILES string of the molecule is Cc1nc2c(C(=O)O)cnn2c(=O)[nH]1. The van der Waals surface area contributed by atoms with E-state index in [0.29, 0.717) is 5.82 Å². The number of carbonyl (C=O) groups is 1. The molecule has 0 saturated carbocycles. The Kier molecular flexibility index (Phi) is 1.60. The summed E-state index contributed by atoms with van der Waals surface area (Å²) in [6.07, 6.45) is 1.10. The zero-order valence-corrected chi connectivity index (χ0v) is 7.18. The van der Waals surface area contributed by atoms with Crippen molar-refractivity contribution in [3.05, 3.63) is 28.1 Å². The van der Waals surface area contributed by atoms with Crippen LogP contribution in [-0.4, -0.2) is 30.7 Å². The van der Waals surface area contributed by atoms with Gasteiger partial charge >= 0.3 is 11.7 Å². The van der Waals surface area contributed by atoms with Crippen LogP contribution in [0.25, 0.3) is 5.65 Å². The fourth-order valence-corrected chi connectivity index (χ4v) is 1.14. The number of carboxylic acids is 1. The number of nitrogens with zero attached hydrogens (tertiary/aromatic N) is 3. The van der Waals surface area contributed by atoms with Gasteiger partial charge in [-0.25, -0.2) is 14.6 Å². The van der Waals surface area contributed by atoms with Crippen molar-refractivity contribution >= 4 is 11.6 Å². The van der Waals surface area contributed by atoms with E-state index in [0.717, 1.165) is 10.7 Å². The van der Waals surface area contributed by atoms with Gasteiger partial charge in [0.05, 0.1) is 6.20 Å². The number of H-pyrrole nitrogens is 1. The van der Waals surface area contributed by atoms with E-state index in [9.17, 15) is 9.59 Å². The van der Waals surface area contributed by atoms with Crippen LogP contribution in [0.3, 0.4) is 0 Å². The molecule has 0 aliphatic heterocycles. The molecule has 0 aliphatic rings. The summed E-state index contributed by atoms with van der Waals surface area (Å²) < 4.78 is 0.913. The van der Waals surface area contributed by atoms with Gasteiger partial charge in [0.2, 0.25) is 0 Å². The van der Waals surface area contributed by atoms with Gasteiger partial charge in [-0.2, -0.15) is 9.61 Å². The van der Waals surface area contributed by atoms with Crippen molar-refractivity contribution in [2.24, 2.45) is 0 Å². The highest BCUT2D eigenvalue weighted by molar-refractivity contribution is 5.93. The van der Waals surface area contributed by atoms with Gasteiger partial charge in [0.1, 0.15) is 11.4 Å². The number of aromatic carboxylic acids is 1. The molecule has 7 heteroatoms. The molecular weight excluding hydrogens is 188 g/mol. The van der Waals surface area contributed by atoms with Crippen molar-refractivity contribution in [3.8, 4) is 0 Å². The van der Waals surface area contributed by atoms with Crippen LogP contribution in [-0.2, 0) is 0 Å². The molecule has 0 atom stereocenters. The molecule has 0 radical (unpaired) electrons. The van der Waals surface area contributed by atoms with E-state index in [2.05, 4.69) is 15.1 Å². The number of aromatic nitrogens is 4. The highest BCUT2D eigenvalue weighted by Gasteiger charge is 2.14. The molecule has 0 bridgehead atoms. The van der Waals surface area contributed by atoms with E-state index in [4.69, 9.17) is 5.11 Å². The summed E-state index contributed by atoms with van der Waals surface area (Å²) in [6.45, 7) is 1.57. The summed E-state index contributed by atoms with van der Waals surface area (Å²) in [7, 11) is 0. The van der Waals surface area contributed by atoms with Crippen molar-refractivity contribution in [3.63, 3.8) is 0 Å².